The van der Waals surface area contributed by atoms with E-state index in [9.17, 15) is 14.5 Å². The Kier molecular flexibility index (Phi) is 4.50. The number of hydrogen-bond acceptors (Lipinski definition) is 4. The maximum absolute atomic E-state index is 11.6. The Morgan fingerprint density at radius 1 is 1.55 bits per heavy atom. The van der Waals surface area contributed by atoms with Crippen LogP contribution in [0.3, 0.4) is 0 Å². The molecule has 1 aliphatic rings. The molecular formula is C10H8BrCl3NO4P. The second-order valence-corrected chi connectivity index (χ2v) is 9.58. The predicted octanol–water partition coefficient (Wildman–Crippen LogP) is 4.22. The summed E-state index contributed by atoms with van der Waals surface area (Å²) < 4.78 is 16.8. The lowest BCUT2D eigenvalue weighted by Gasteiger charge is -2.24. The van der Waals surface area contributed by atoms with Crippen molar-refractivity contribution in [1.29, 1.82) is 0 Å². The van der Waals surface area contributed by atoms with Gasteiger partial charge in [0.05, 0.1) is 22.8 Å². The summed E-state index contributed by atoms with van der Waals surface area (Å²) in [6.07, 6.45) is -4.05. The maximum atomic E-state index is 11.6. The first-order valence-corrected chi connectivity index (χ1v) is 9.85. The first-order chi connectivity index (χ1) is 9.05. The minimum Gasteiger partial charge on any atom is -0.360 e. The second kappa shape index (κ2) is 5.43. The van der Waals surface area contributed by atoms with E-state index in [1.165, 1.54) is 11.8 Å². The molecule has 1 unspecified atom stereocenters. The molecule has 10 heteroatoms. The van der Waals surface area contributed by atoms with Crippen LogP contribution in [-0.4, -0.2) is 17.6 Å². The van der Waals surface area contributed by atoms with Gasteiger partial charge in [-0.3, -0.25) is 13.9 Å². The first-order valence-electron chi connectivity index (χ1n) is 5.24. The molecule has 1 amide bonds. The van der Waals surface area contributed by atoms with Gasteiger partial charge in [-0.05, 0) is 50.5 Å². The quantitative estimate of drug-likeness (QED) is 0.572. The molecule has 0 bridgehead atoms. The Morgan fingerprint density at radius 2 is 2.15 bits per heavy atom. The third-order valence-corrected chi connectivity index (χ3v) is 4.97. The van der Waals surface area contributed by atoms with Crippen LogP contribution >= 0.6 is 56.1 Å². The largest absolute Gasteiger partial charge is 0.382 e. The van der Waals surface area contributed by atoms with Gasteiger partial charge in [-0.1, -0.05) is 11.6 Å². The third-order valence-electron chi connectivity index (χ3n) is 2.76. The normalized spacial score (nSPS) is 22.0. The minimum atomic E-state index is -4.05. The van der Waals surface area contributed by atoms with E-state index in [-0.39, 0.29) is 23.0 Å². The van der Waals surface area contributed by atoms with Crippen LogP contribution in [0.1, 0.15) is 12.5 Å². The Bertz CT molecular complexity index is 637. The highest BCUT2D eigenvalue weighted by atomic mass is 79.9. The first kappa shape index (κ1) is 16.6. The van der Waals surface area contributed by atoms with Crippen LogP contribution in [0.4, 0.5) is 5.69 Å². The van der Waals surface area contributed by atoms with Crippen LogP contribution < -0.4 is 4.90 Å². The second-order valence-electron chi connectivity index (χ2n) is 4.15. The van der Waals surface area contributed by atoms with E-state index in [0.29, 0.717) is 10.2 Å². The van der Waals surface area contributed by atoms with Crippen LogP contribution in [0.5, 0.6) is 0 Å². The number of halogens is 4. The highest BCUT2D eigenvalue weighted by molar-refractivity contribution is 9.10. The van der Waals surface area contributed by atoms with Crippen molar-refractivity contribution in [2.75, 3.05) is 11.4 Å². The Hall–Kier alpha value is 0.190. The number of amides is 1. The number of nitrogens with zero attached hydrogens (tertiary/aromatic N) is 1. The number of benzene rings is 1. The van der Waals surface area contributed by atoms with Crippen molar-refractivity contribution >= 4 is 67.7 Å². The molecule has 5 nitrogen and oxygen atoms in total. The fourth-order valence-electron chi connectivity index (χ4n) is 2.05. The fourth-order valence-corrected chi connectivity index (χ4v) is 3.87. The summed E-state index contributed by atoms with van der Waals surface area (Å²) in [6, 6.07) is 3.19. The van der Waals surface area contributed by atoms with E-state index in [2.05, 4.69) is 15.9 Å². The standard InChI is InChI=1S/C10H8BrCl3NO4P/c1-5(16)15-4-10(17,19-20(13,14)18)8-7(15)3-2-6(11)9(8)12/h2-3,17H,4H2,1H3. The fraction of sp³-hybridized carbons (Fsp3) is 0.300. The van der Waals surface area contributed by atoms with Gasteiger partial charge in [0.15, 0.2) is 0 Å². The van der Waals surface area contributed by atoms with E-state index in [0.717, 1.165) is 0 Å². The summed E-state index contributed by atoms with van der Waals surface area (Å²) in [5.74, 6) is -2.48. The molecule has 1 aromatic rings. The Labute approximate surface area is 137 Å². The molecule has 0 aliphatic carbocycles. The van der Waals surface area contributed by atoms with Crippen molar-refractivity contribution in [2.24, 2.45) is 0 Å². The number of rotatable bonds is 2. The summed E-state index contributed by atoms with van der Waals surface area (Å²) in [5, 5.41) is 10.7. The molecular weight excluding hydrogens is 415 g/mol. The van der Waals surface area contributed by atoms with Crippen LogP contribution in [0.15, 0.2) is 16.6 Å². The molecule has 20 heavy (non-hydrogen) atoms. The molecule has 110 valence electrons. The zero-order chi connectivity index (χ0) is 15.3. The molecule has 1 N–H and O–H groups in total. The molecule has 0 radical (unpaired) electrons. The molecule has 1 heterocycles. The Morgan fingerprint density at radius 3 is 2.65 bits per heavy atom. The van der Waals surface area contributed by atoms with Gasteiger partial charge in [0, 0.05) is 11.4 Å². The average molecular weight is 423 g/mol. The monoisotopic (exact) mass is 421 g/mol. The van der Waals surface area contributed by atoms with Gasteiger partial charge in [0.2, 0.25) is 11.7 Å². The number of aliphatic hydroxyl groups is 1. The molecule has 1 aliphatic heterocycles. The molecule has 1 atom stereocenters. The van der Waals surface area contributed by atoms with E-state index in [1.807, 2.05) is 0 Å². The van der Waals surface area contributed by atoms with Crippen LogP contribution in [-0.2, 0) is 19.7 Å². The van der Waals surface area contributed by atoms with Gasteiger partial charge in [0.1, 0.15) is 0 Å². The zero-order valence-electron chi connectivity index (χ0n) is 9.94. The number of fused-ring (bicyclic) bond motifs is 1. The lowest BCUT2D eigenvalue weighted by Crippen LogP contribution is -2.36. The number of anilines is 1. The highest BCUT2D eigenvalue weighted by Crippen LogP contribution is 2.63. The lowest BCUT2D eigenvalue weighted by atomic mass is 10.1. The molecule has 0 aromatic heterocycles. The lowest BCUT2D eigenvalue weighted by molar-refractivity contribution is -0.132. The highest BCUT2D eigenvalue weighted by Gasteiger charge is 2.49. The summed E-state index contributed by atoms with van der Waals surface area (Å²) in [5.41, 5.74) is 0.431. The summed E-state index contributed by atoms with van der Waals surface area (Å²) in [6.45, 7) is 1.00. The smallest absolute Gasteiger partial charge is 0.360 e. The van der Waals surface area contributed by atoms with Crippen molar-refractivity contribution in [3.8, 4) is 0 Å². The van der Waals surface area contributed by atoms with E-state index in [1.54, 1.807) is 12.1 Å². The van der Waals surface area contributed by atoms with E-state index < -0.39 is 11.9 Å². The van der Waals surface area contributed by atoms with Gasteiger partial charge >= 0.3 is 6.07 Å². The van der Waals surface area contributed by atoms with Crippen molar-refractivity contribution in [1.82, 2.24) is 0 Å². The SMILES string of the molecule is CC(=O)N1CC(O)(OP(=O)(Cl)Cl)c2c1ccc(Br)c2Cl. The maximum Gasteiger partial charge on any atom is 0.382 e. The van der Waals surface area contributed by atoms with Crippen LogP contribution in [0, 0.1) is 0 Å². The van der Waals surface area contributed by atoms with Gasteiger partial charge in [-0.25, -0.2) is 0 Å². The molecule has 0 saturated carbocycles. The van der Waals surface area contributed by atoms with Crippen LogP contribution in [0.2, 0.25) is 5.02 Å². The van der Waals surface area contributed by atoms with Crippen molar-refractivity contribution in [3.05, 3.63) is 27.2 Å². The van der Waals surface area contributed by atoms with Gasteiger partial charge in [-0.2, -0.15) is 0 Å². The average Bonchev–Trinajstić information content (AvgIpc) is 2.55. The van der Waals surface area contributed by atoms with Crippen molar-refractivity contribution in [3.63, 3.8) is 0 Å². The molecule has 1 aromatic carbocycles. The van der Waals surface area contributed by atoms with Gasteiger partial charge < -0.3 is 10.0 Å². The zero-order valence-corrected chi connectivity index (χ0v) is 14.7. The number of hydrogen-bond donors (Lipinski definition) is 1. The summed E-state index contributed by atoms with van der Waals surface area (Å²) >= 11 is 20.1. The molecule has 2 rings (SSSR count). The Balaban J connectivity index is 2.64. The van der Waals surface area contributed by atoms with Crippen molar-refractivity contribution in [2.45, 2.75) is 12.7 Å². The third kappa shape index (κ3) is 3.02. The predicted molar refractivity (Wildman–Crippen MR) is 81.5 cm³/mol. The van der Waals surface area contributed by atoms with Crippen LogP contribution in [0.25, 0.3) is 0 Å². The number of β-amino-alcohol motifs (C(OH)–C–C–N with tert-alkyl or cyclic N) is 1. The number of carbonyl (C=O) groups is 1. The van der Waals surface area contributed by atoms with E-state index >= 15 is 0 Å². The van der Waals surface area contributed by atoms with Gasteiger partial charge in [-0.15, -0.1) is 0 Å². The number of carbonyl (C=O) groups excluding carboxylic acids is 1. The molecule has 0 fully saturated rings. The van der Waals surface area contributed by atoms with E-state index in [4.69, 9.17) is 38.6 Å². The van der Waals surface area contributed by atoms with Crippen molar-refractivity contribution < 1.29 is 19.0 Å². The molecule has 0 spiro atoms. The molecule has 0 saturated heterocycles. The minimum absolute atomic E-state index is 0.0882. The summed E-state index contributed by atoms with van der Waals surface area (Å²) in [7, 11) is 0. The van der Waals surface area contributed by atoms with Gasteiger partial charge in [0.25, 0.3) is 0 Å². The summed E-state index contributed by atoms with van der Waals surface area (Å²) in [4.78, 5) is 12.9. The topological polar surface area (TPSA) is 66.8 Å².